The van der Waals surface area contributed by atoms with Crippen LogP contribution in [0.3, 0.4) is 0 Å². The Balaban J connectivity index is 1.87. The summed E-state index contributed by atoms with van der Waals surface area (Å²) >= 11 is 0. The molecule has 1 aliphatic heterocycles. The maximum Gasteiger partial charge on any atom is 0.278 e. The highest BCUT2D eigenvalue weighted by Gasteiger charge is 2.27. The second-order valence-electron chi connectivity index (χ2n) is 6.08. The molecular weight excluding hydrogens is 380 g/mol. The van der Waals surface area contributed by atoms with Crippen molar-refractivity contribution in [2.75, 3.05) is 64.6 Å². The Morgan fingerprint density at radius 1 is 1.04 bits per heavy atom. The summed E-state index contributed by atoms with van der Waals surface area (Å²) in [5.74, 6) is 0.512. The second kappa shape index (κ2) is 8.53. The number of hydrogen-bond acceptors (Lipinski definition) is 6. The van der Waals surface area contributed by atoms with Crippen molar-refractivity contribution in [2.24, 2.45) is 0 Å². The quantitative estimate of drug-likeness (QED) is 0.627. The minimum Gasteiger partial charge on any atom is -0.497 e. The fraction of sp³-hybridized carbons (Fsp3) is 0.600. The molecule has 0 amide bonds. The highest BCUT2D eigenvalue weighted by Crippen LogP contribution is 2.21. The molecule has 0 aliphatic carbocycles. The number of anilines is 1. The van der Waals surface area contributed by atoms with E-state index in [-0.39, 0.29) is 12.3 Å². The number of nitrogens with one attached hydrogen (secondary N) is 1. The van der Waals surface area contributed by atoms with Gasteiger partial charge in [0.25, 0.3) is 10.2 Å². The molecule has 0 bridgehead atoms. The lowest BCUT2D eigenvalue weighted by Gasteiger charge is -2.35. The molecular formula is C15H26N4O5S2. The predicted molar refractivity (Wildman–Crippen MR) is 101 cm³/mol. The molecule has 9 nitrogen and oxygen atoms in total. The molecule has 148 valence electrons. The zero-order valence-corrected chi connectivity index (χ0v) is 16.9. The summed E-state index contributed by atoms with van der Waals surface area (Å²) < 4.78 is 57.9. The molecule has 0 unspecified atom stereocenters. The molecule has 1 fully saturated rings. The average molecular weight is 407 g/mol. The fourth-order valence-electron chi connectivity index (χ4n) is 2.58. The lowest BCUT2D eigenvalue weighted by molar-refractivity contribution is 0.384. The van der Waals surface area contributed by atoms with Crippen LogP contribution >= 0.6 is 0 Å². The Hall–Kier alpha value is -1.40. The van der Waals surface area contributed by atoms with Gasteiger partial charge in [-0.2, -0.15) is 17.0 Å². The van der Waals surface area contributed by atoms with E-state index in [0.717, 1.165) is 15.7 Å². The lowest BCUT2D eigenvalue weighted by Crippen LogP contribution is -2.50. The first-order chi connectivity index (χ1) is 12.2. The van der Waals surface area contributed by atoms with Crippen LogP contribution in [0.25, 0.3) is 0 Å². The summed E-state index contributed by atoms with van der Waals surface area (Å²) in [6.07, 6.45) is 0. The molecule has 0 aromatic heterocycles. The zero-order valence-electron chi connectivity index (χ0n) is 15.3. The molecule has 1 N–H and O–H groups in total. The third-order valence-electron chi connectivity index (χ3n) is 4.19. The molecule has 1 aliphatic rings. The number of piperazine rings is 1. The van der Waals surface area contributed by atoms with Crippen molar-refractivity contribution in [1.82, 2.24) is 13.3 Å². The number of hydrogen-bond donors (Lipinski definition) is 1. The Labute approximate surface area is 155 Å². The van der Waals surface area contributed by atoms with Crippen molar-refractivity contribution in [3.63, 3.8) is 0 Å². The van der Waals surface area contributed by atoms with Gasteiger partial charge < -0.3 is 9.64 Å². The maximum atomic E-state index is 12.4. The van der Waals surface area contributed by atoms with E-state index in [1.807, 2.05) is 24.3 Å². The van der Waals surface area contributed by atoms with Crippen molar-refractivity contribution < 1.29 is 21.6 Å². The third-order valence-corrected chi connectivity index (χ3v) is 7.60. The summed E-state index contributed by atoms with van der Waals surface area (Å²) in [5.41, 5.74) is 1.02. The van der Waals surface area contributed by atoms with Crippen LogP contribution in [0, 0.1) is 0 Å². The predicted octanol–water partition coefficient (Wildman–Crippen LogP) is -0.457. The lowest BCUT2D eigenvalue weighted by atomic mass is 10.2. The zero-order chi connectivity index (χ0) is 19.4. The number of ether oxygens (including phenoxy) is 1. The highest BCUT2D eigenvalue weighted by molar-refractivity contribution is 7.89. The second-order valence-corrected chi connectivity index (χ2v) is 10.1. The number of nitrogens with zero attached hydrogens (tertiary/aromatic N) is 3. The fourth-order valence-corrected chi connectivity index (χ4v) is 4.66. The Morgan fingerprint density at radius 2 is 1.62 bits per heavy atom. The van der Waals surface area contributed by atoms with Gasteiger partial charge in [0.15, 0.2) is 0 Å². The monoisotopic (exact) mass is 406 g/mol. The van der Waals surface area contributed by atoms with Crippen LogP contribution < -0.4 is 14.4 Å². The number of sulfonamides is 1. The minimum absolute atomic E-state index is 0.151. The van der Waals surface area contributed by atoms with E-state index in [1.165, 1.54) is 18.4 Å². The van der Waals surface area contributed by atoms with Crippen molar-refractivity contribution in [2.45, 2.75) is 0 Å². The number of methoxy groups -OCH3 is 1. The maximum absolute atomic E-state index is 12.4. The summed E-state index contributed by atoms with van der Waals surface area (Å²) in [4.78, 5) is 2.11. The summed E-state index contributed by atoms with van der Waals surface area (Å²) in [6, 6.07) is 7.63. The van der Waals surface area contributed by atoms with Crippen LogP contribution in [0.15, 0.2) is 24.3 Å². The topological polar surface area (TPSA) is 99.3 Å². The van der Waals surface area contributed by atoms with Crippen LogP contribution in [-0.2, 0) is 20.2 Å². The van der Waals surface area contributed by atoms with E-state index >= 15 is 0 Å². The van der Waals surface area contributed by atoms with Crippen molar-refractivity contribution >= 4 is 25.9 Å². The molecule has 11 heteroatoms. The SMILES string of the molecule is COc1ccc(N2CCN(S(=O)(=O)CCNS(=O)(=O)N(C)C)CC2)cc1. The first-order valence-electron chi connectivity index (χ1n) is 8.19. The third kappa shape index (κ3) is 5.30. The van der Waals surface area contributed by atoms with E-state index in [0.29, 0.717) is 26.2 Å². The van der Waals surface area contributed by atoms with Crippen LogP contribution in [0.4, 0.5) is 5.69 Å². The molecule has 0 saturated carbocycles. The van der Waals surface area contributed by atoms with Gasteiger partial charge in [-0.05, 0) is 24.3 Å². The van der Waals surface area contributed by atoms with Gasteiger partial charge in [0.2, 0.25) is 10.0 Å². The molecule has 1 aromatic carbocycles. The van der Waals surface area contributed by atoms with Gasteiger partial charge in [-0.3, -0.25) is 0 Å². The van der Waals surface area contributed by atoms with Gasteiger partial charge >= 0.3 is 0 Å². The van der Waals surface area contributed by atoms with E-state index in [9.17, 15) is 16.8 Å². The van der Waals surface area contributed by atoms with Gasteiger partial charge in [-0.1, -0.05) is 0 Å². The van der Waals surface area contributed by atoms with Crippen LogP contribution in [0.2, 0.25) is 0 Å². The molecule has 1 heterocycles. The van der Waals surface area contributed by atoms with Gasteiger partial charge in [-0.15, -0.1) is 0 Å². The van der Waals surface area contributed by atoms with E-state index in [2.05, 4.69) is 9.62 Å². The van der Waals surface area contributed by atoms with Crippen molar-refractivity contribution in [3.8, 4) is 5.75 Å². The van der Waals surface area contributed by atoms with Crippen molar-refractivity contribution in [1.29, 1.82) is 0 Å². The first-order valence-corrected chi connectivity index (χ1v) is 11.2. The Bertz CT molecular complexity index is 786. The smallest absolute Gasteiger partial charge is 0.278 e. The molecule has 26 heavy (non-hydrogen) atoms. The molecule has 1 saturated heterocycles. The normalized spacial score (nSPS) is 16.8. The minimum atomic E-state index is -3.62. The Morgan fingerprint density at radius 3 is 2.12 bits per heavy atom. The first kappa shape index (κ1) is 20.9. The molecule has 1 aromatic rings. The summed E-state index contributed by atoms with van der Waals surface area (Å²) in [5, 5.41) is 0. The van der Waals surface area contributed by atoms with E-state index in [4.69, 9.17) is 4.74 Å². The van der Waals surface area contributed by atoms with E-state index < -0.39 is 20.2 Å². The van der Waals surface area contributed by atoms with Crippen LogP contribution in [0.1, 0.15) is 0 Å². The van der Waals surface area contributed by atoms with Crippen LogP contribution in [0.5, 0.6) is 5.75 Å². The largest absolute Gasteiger partial charge is 0.497 e. The van der Waals surface area contributed by atoms with Gasteiger partial charge in [0, 0.05) is 52.5 Å². The van der Waals surface area contributed by atoms with Gasteiger partial charge in [0.05, 0.1) is 12.9 Å². The Kier molecular flexibility index (Phi) is 6.86. The van der Waals surface area contributed by atoms with Crippen LogP contribution in [-0.4, -0.2) is 85.1 Å². The molecule has 0 atom stereocenters. The highest BCUT2D eigenvalue weighted by atomic mass is 32.2. The number of rotatable bonds is 8. The molecule has 0 radical (unpaired) electrons. The number of benzene rings is 1. The molecule has 2 rings (SSSR count). The van der Waals surface area contributed by atoms with Crippen molar-refractivity contribution in [3.05, 3.63) is 24.3 Å². The summed E-state index contributed by atoms with van der Waals surface area (Å²) in [7, 11) is -2.75. The standard InChI is InChI=1S/C15H26N4O5S2/c1-17(2)26(22,23)16-8-13-25(20,21)19-11-9-18(10-12-19)14-4-6-15(24-3)7-5-14/h4-7,16H,8-13H2,1-3H3. The average Bonchev–Trinajstić information content (AvgIpc) is 2.61. The van der Waals surface area contributed by atoms with Gasteiger partial charge in [-0.25, -0.2) is 13.1 Å². The summed E-state index contributed by atoms with van der Waals surface area (Å²) in [6.45, 7) is 1.75. The van der Waals surface area contributed by atoms with Gasteiger partial charge in [0.1, 0.15) is 5.75 Å². The molecule has 0 spiro atoms. The van der Waals surface area contributed by atoms with E-state index in [1.54, 1.807) is 7.11 Å².